The van der Waals surface area contributed by atoms with Crippen molar-refractivity contribution in [1.82, 2.24) is 10.6 Å². The first-order valence-corrected chi connectivity index (χ1v) is 8.32. The van der Waals surface area contributed by atoms with E-state index in [0.717, 1.165) is 32.0 Å². The molecule has 1 aromatic rings. The Morgan fingerprint density at radius 1 is 1.22 bits per heavy atom. The Hall–Kier alpha value is -1.75. The Kier molecular flexibility index (Phi) is 8.48. The topological polar surface area (TPSA) is 48.9 Å². The van der Waals surface area contributed by atoms with Crippen LogP contribution in [-0.2, 0) is 4.74 Å². The molecule has 0 saturated carbocycles. The first-order valence-electron chi connectivity index (χ1n) is 8.32. The maximum Gasteiger partial charge on any atom is 0.191 e. The molecule has 23 heavy (non-hydrogen) atoms. The molecule has 0 aliphatic carbocycles. The molecule has 0 aliphatic rings. The number of nitrogens with one attached hydrogen (secondary N) is 2. The zero-order chi connectivity index (χ0) is 17.1. The molecule has 0 fully saturated rings. The lowest BCUT2D eigenvalue weighted by molar-refractivity contribution is 0.0310. The van der Waals surface area contributed by atoms with Gasteiger partial charge in [-0.25, -0.2) is 0 Å². The molecule has 0 saturated heterocycles. The molecule has 0 heterocycles. The molecule has 0 unspecified atom stereocenters. The van der Waals surface area contributed by atoms with Crippen molar-refractivity contribution < 1.29 is 4.74 Å². The van der Waals surface area contributed by atoms with E-state index in [1.807, 2.05) is 19.9 Å². The summed E-state index contributed by atoms with van der Waals surface area (Å²) in [6.45, 7) is 9.51. The molecule has 0 atom stereocenters. The fourth-order valence-electron chi connectivity index (χ4n) is 2.01. The summed E-state index contributed by atoms with van der Waals surface area (Å²) in [7, 11) is 3.84. The van der Waals surface area contributed by atoms with Crippen molar-refractivity contribution in [3.05, 3.63) is 30.3 Å². The molecule has 1 rings (SSSR count). The summed E-state index contributed by atoms with van der Waals surface area (Å²) in [5, 5.41) is 6.65. The molecule has 5 heteroatoms. The van der Waals surface area contributed by atoms with E-state index in [9.17, 15) is 0 Å². The molecule has 2 N–H and O–H groups in total. The van der Waals surface area contributed by atoms with Crippen LogP contribution < -0.4 is 15.5 Å². The highest BCUT2D eigenvalue weighted by atomic mass is 16.5. The lowest BCUT2D eigenvalue weighted by Gasteiger charge is -2.22. The molecular formula is C18H32N4O. The van der Waals surface area contributed by atoms with Crippen LogP contribution >= 0.6 is 0 Å². The Balaban J connectivity index is 2.37. The quantitative estimate of drug-likeness (QED) is 0.417. The monoisotopic (exact) mass is 320 g/mol. The Labute approximate surface area is 141 Å². The van der Waals surface area contributed by atoms with Crippen LogP contribution in [0.4, 0.5) is 5.69 Å². The second kappa shape index (κ2) is 10.1. The van der Waals surface area contributed by atoms with Gasteiger partial charge in [-0.2, -0.15) is 0 Å². The summed E-state index contributed by atoms with van der Waals surface area (Å²) in [5.74, 6) is 0.847. The number of anilines is 1. The first-order chi connectivity index (χ1) is 11.0. The molecule has 0 aromatic heterocycles. The number of aliphatic imine (C=N–C) groups is 1. The number of para-hydroxylation sites is 1. The maximum absolute atomic E-state index is 5.40. The predicted octanol–water partition coefficient (Wildman–Crippen LogP) is 2.49. The lowest BCUT2D eigenvalue weighted by atomic mass is 10.1. The van der Waals surface area contributed by atoms with Gasteiger partial charge in [-0.15, -0.1) is 0 Å². The van der Waals surface area contributed by atoms with Crippen LogP contribution in [0.15, 0.2) is 35.3 Å². The van der Waals surface area contributed by atoms with Gasteiger partial charge in [-0.3, -0.25) is 4.99 Å². The fourth-order valence-corrected chi connectivity index (χ4v) is 2.01. The van der Waals surface area contributed by atoms with E-state index in [0.29, 0.717) is 6.54 Å². The third-order valence-corrected chi connectivity index (χ3v) is 3.67. The Bertz CT molecular complexity index is 459. The smallest absolute Gasteiger partial charge is 0.191 e. The summed E-state index contributed by atoms with van der Waals surface area (Å²) >= 11 is 0. The van der Waals surface area contributed by atoms with E-state index in [2.05, 4.69) is 58.8 Å². The first kappa shape index (κ1) is 19.3. The summed E-state index contributed by atoms with van der Waals surface area (Å²) in [4.78, 5) is 6.85. The molecule has 1 aromatic carbocycles. The highest BCUT2D eigenvalue weighted by Crippen LogP contribution is 2.10. The van der Waals surface area contributed by atoms with Crippen molar-refractivity contribution in [3.8, 4) is 0 Å². The van der Waals surface area contributed by atoms with Crippen LogP contribution in [0.25, 0.3) is 0 Å². The zero-order valence-corrected chi connectivity index (χ0v) is 15.2. The minimum atomic E-state index is -0.240. The van der Waals surface area contributed by atoms with Crippen molar-refractivity contribution >= 4 is 11.6 Å². The van der Waals surface area contributed by atoms with Gasteiger partial charge < -0.3 is 20.3 Å². The molecule has 0 spiro atoms. The van der Waals surface area contributed by atoms with Crippen LogP contribution in [0, 0.1) is 0 Å². The van der Waals surface area contributed by atoms with Crippen molar-refractivity contribution in [1.29, 1.82) is 0 Å². The normalized spacial score (nSPS) is 12.1. The van der Waals surface area contributed by atoms with E-state index in [1.54, 1.807) is 7.11 Å². The van der Waals surface area contributed by atoms with Gasteiger partial charge >= 0.3 is 0 Å². The van der Waals surface area contributed by atoms with Gasteiger partial charge in [0.25, 0.3) is 0 Å². The number of ether oxygens (including phenoxy) is 1. The van der Waals surface area contributed by atoms with Gasteiger partial charge in [-0.1, -0.05) is 18.2 Å². The number of hydrogen-bond donors (Lipinski definition) is 2. The third kappa shape index (κ3) is 7.88. The van der Waals surface area contributed by atoms with Gasteiger partial charge in [0.1, 0.15) is 0 Å². The predicted molar refractivity (Wildman–Crippen MR) is 99.4 cm³/mol. The number of nitrogens with zero attached hydrogens (tertiary/aromatic N) is 2. The van der Waals surface area contributed by atoms with E-state index in [-0.39, 0.29) is 5.60 Å². The minimum absolute atomic E-state index is 0.240. The van der Waals surface area contributed by atoms with Crippen LogP contribution in [0.3, 0.4) is 0 Å². The van der Waals surface area contributed by atoms with Gasteiger partial charge in [0.2, 0.25) is 0 Å². The largest absolute Gasteiger partial charge is 0.377 e. The highest BCUT2D eigenvalue weighted by Gasteiger charge is 2.15. The Morgan fingerprint density at radius 3 is 2.52 bits per heavy atom. The summed E-state index contributed by atoms with van der Waals surface area (Å²) in [6, 6.07) is 10.4. The van der Waals surface area contributed by atoms with Gasteiger partial charge in [0, 0.05) is 39.5 Å². The van der Waals surface area contributed by atoms with E-state index in [1.165, 1.54) is 5.69 Å². The average Bonchev–Trinajstić information content (AvgIpc) is 2.57. The van der Waals surface area contributed by atoms with Gasteiger partial charge in [0.05, 0.1) is 12.1 Å². The molecule has 0 bridgehead atoms. The van der Waals surface area contributed by atoms with E-state index < -0.39 is 0 Å². The second-order valence-electron chi connectivity index (χ2n) is 6.20. The van der Waals surface area contributed by atoms with Crippen LogP contribution in [0.1, 0.15) is 27.2 Å². The van der Waals surface area contributed by atoms with Gasteiger partial charge in [0.15, 0.2) is 5.96 Å². The second-order valence-corrected chi connectivity index (χ2v) is 6.20. The Morgan fingerprint density at radius 2 is 1.91 bits per heavy atom. The molecule has 0 aliphatic heterocycles. The summed E-state index contributed by atoms with van der Waals surface area (Å²) < 4.78 is 5.40. The van der Waals surface area contributed by atoms with Crippen LogP contribution in [0.5, 0.6) is 0 Å². The maximum atomic E-state index is 5.40. The molecular weight excluding hydrogens is 288 g/mol. The fraction of sp³-hybridized carbons (Fsp3) is 0.611. The van der Waals surface area contributed by atoms with E-state index in [4.69, 9.17) is 4.74 Å². The highest BCUT2D eigenvalue weighted by molar-refractivity contribution is 5.79. The number of rotatable bonds is 9. The van der Waals surface area contributed by atoms with Crippen LogP contribution in [-0.4, -0.2) is 51.9 Å². The SMILES string of the molecule is CCNC(=NCC(C)(C)OC)NCCCN(C)c1ccccc1. The van der Waals surface area contributed by atoms with Crippen molar-refractivity contribution in [2.24, 2.45) is 4.99 Å². The van der Waals surface area contributed by atoms with Gasteiger partial charge in [-0.05, 0) is 39.3 Å². The standard InChI is InChI=1S/C18H32N4O/c1-6-19-17(21-15-18(2,3)23-5)20-13-10-14-22(4)16-11-8-7-9-12-16/h7-9,11-12H,6,10,13-15H2,1-5H3,(H2,19,20,21). The van der Waals surface area contributed by atoms with Crippen LogP contribution in [0.2, 0.25) is 0 Å². The molecule has 130 valence electrons. The average molecular weight is 320 g/mol. The number of benzene rings is 1. The zero-order valence-electron chi connectivity index (χ0n) is 15.2. The third-order valence-electron chi connectivity index (χ3n) is 3.67. The minimum Gasteiger partial charge on any atom is -0.377 e. The molecule has 5 nitrogen and oxygen atoms in total. The van der Waals surface area contributed by atoms with Crippen molar-refractivity contribution in [2.75, 3.05) is 45.2 Å². The molecule has 0 amide bonds. The number of guanidine groups is 1. The summed E-state index contributed by atoms with van der Waals surface area (Å²) in [6.07, 6.45) is 1.05. The number of hydrogen-bond acceptors (Lipinski definition) is 3. The number of methoxy groups -OCH3 is 1. The van der Waals surface area contributed by atoms with E-state index >= 15 is 0 Å². The lowest BCUT2D eigenvalue weighted by Crippen LogP contribution is -2.40. The van der Waals surface area contributed by atoms with Crippen molar-refractivity contribution in [3.63, 3.8) is 0 Å². The summed E-state index contributed by atoms with van der Waals surface area (Å²) in [5.41, 5.74) is 1.01. The van der Waals surface area contributed by atoms with Crippen molar-refractivity contribution in [2.45, 2.75) is 32.8 Å². The molecule has 0 radical (unpaired) electrons.